The molecule has 1 aromatic carbocycles. The normalized spacial score (nSPS) is 25.4. The second-order valence-electron chi connectivity index (χ2n) is 5.50. The van der Waals surface area contributed by atoms with E-state index in [2.05, 4.69) is 5.32 Å². The molecule has 2 N–H and O–H groups in total. The third-order valence-electron chi connectivity index (χ3n) is 4.19. The Kier molecular flexibility index (Phi) is 4.52. The van der Waals surface area contributed by atoms with Crippen LogP contribution in [0.15, 0.2) is 18.2 Å². The highest BCUT2D eigenvalue weighted by Crippen LogP contribution is 2.34. The Balaban J connectivity index is 2.28. The Labute approximate surface area is 127 Å². The first-order valence-corrected chi connectivity index (χ1v) is 7.25. The lowest BCUT2D eigenvalue weighted by Crippen LogP contribution is -2.60. The van der Waals surface area contributed by atoms with E-state index < -0.39 is 23.2 Å². The molecule has 2 atom stereocenters. The number of benzene rings is 1. The van der Waals surface area contributed by atoms with Crippen LogP contribution < -0.4 is 5.32 Å². The van der Waals surface area contributed by atoms with Gasteiger partial charge in [0.05, 0.1) is 10.6 Å². The van der Waals surface area contributed by atoms with E-state index in [4.69, 9.17) is 11.6 Å². The molecular formula is C15H17ClFNO3. The molecule has 114 valence electrons. The van der Waals surface area contributed by atoms with E-state index in [1.54, 1.807) is 0 Å². The van der Waals surface area contributed by atoms with Crippen molar-refractivity contribution < 1.29 is 19.1 Å². The number of carboxylic acid groups (broad SMARTS) is 1. The van der Waals surface area contributed by atoms with Crippen LogP contribution in [-0.2, 0) is 4.79 Å². The molecule has 1 aliphatic rings. The quantitative estimate of drug-likeness (QED) is 0.900. The highest BCUT2D eigenvalue weighted by molar-refractivity contribution is 6.33. The van der Waals surface area contributed by atoms with Crippen molar-refractivity contribution in [3.8, 4) is 0 Å². The van der Waals surface area contributed by atoms with Crippen molar-refractivity contribution >= 4 is 23.5 Å². The lowest BCUT2D eigenvalue weighted by Gasteiger charge is -2.39. The van der Waals surface area contributed by atoms with Gasteiger partial charge in [-0.2, -0.15) is 0 Å². The van der Waals surface area contributed by atoms with Crippen molar-refractivity contribution in [3.63, 3.8) is 0 Å². The zero-order valence-corrected chi connectivity index (χ0v) is 12.4. The maximum Gasteiger partial charge on any atom is 0.329 e. The Hall–Kier alpha value is -1.62. The molecule has 0 aliphatic heterocycles. The molecule has 0 aromatic heterocycles. The van der Waals surface area contributed by atoms with Gasteiger partial charge in [-0.05, 0) is 37.0 Å². The summed E-state index contributed by atoms with van der Waals surface area (Å²) in [5.74, 6) is -2.35. The molecule has 1 amide bonds. The second-order valence-corrected chi connectivity index (χ2v) is 5.91. The SMILES string of the molecule is CC1CCCCC1(NC(=O)c1ccc(F)cc1Cl)C(=O)O. The molecule has 0 radical (unpaired) electrons. The monoisotopic (exact) mass is 313 g/mol. The van der Waals surface area contributed by atoms with E-state index in [1.807, 2.05) is 6.92 Å². The molecule has 1 fully saturated rings. The average molecular weight is 314 g/mol. The largest absolute Gasteiger partial charge is 0.479 e. The van der Waals surface area contributed by atoms with Crippen LogP contribution >= 0.6 is 11.6 Å². The predicted octanol–water partition coefficient (Wildman–Crippen LogP) is 3.24. The summed E-state index contributed by atoms with van der Waals surface area (Å²) < 4.78 is 13.0. The van der Waals surface area contributed by atoms with Gasteiger partial charge in [-0.25, -0.2) is 9.18 Å². The molecule has 2 unspecified atom stereocenters. The van der Waals surface area contributed by atoms with E-state index in [-0.39, 0.29) is 16.5 Å². The minimum atomic E-state index is -1.28. The number of amides is 1. The first kappa shape index (κ1) is 15.8. The van der Waals surface area contributed by atoms with Gasteiger partial charge in [0, 0.05) is 0 Å². The summed E-state index contributed by atoms with van der Waals surface area (Å²) >= 11 is 5.86. The summed E-state index contributed by atoms with van der Waals surface area (Å²) in [7, 11) is 0. The maximum atomic E-state index is 13.0. The number of rotatable bonds is 3. The second kappa shape index (κ2) is 6.02. The van der Waals surface area contributed by atoms with E-state index in [0.29, 0.717) is 6.42 Å². The molecule has 6 heteroatoms. The van der Waals surface area contributed by atoms with Gasteiger partial charge < -0.3 is 10.4 Å². The highest BCUT2D eigenvalue weighted by atomic mass is 35.5. The number of hydrogen-bond donors (Lipinski definition) is 2. The van der Waals surface area contributed by atoms with Crippen LogP contribution in [0, 0.1) is 11.7 Å². The average Bonchev–Trinajstić information content (AvgIpc) is 2.41. The van der Waals surface area contributed by atoms with Crippen LogP contribution in [0.1, 0.15) is 43.0 Å². The zero-order chi connectivity index (χ0) is 15.6. The molecule has 0 bridgehead atoms. The van der Waals surface area contributed by atoms with Gasteiger partial charge in [-0.1, -0.05) is 31.4 Å². The third kappa shape index (κ3) is 3.02. The summed E-state index contributed by atoms with van der Waals surface area (Å²) in [6, 6.07) is 3.42. The van der Waals surface area contributed by atoms with Crippen LogP contribution in [0.25, 0.3) is 0 Å². The number of nitrogens with one attached hydrogen (secondary N) is 1. The van der Waals surface area contributed by atoms with E-state index in [0.717, 1.165) is 31.4 Å². The number of hydrogen-bond acceptors (Lipinski definition) is 2. The zero-order valence-electron chi connectivity index (χ0n) is 11.7. The van der Waals surface area contributed by atoms with Gasteiger partial charge in [-0.3, -0.25) is 4.79 Å². The first-order chi connectivity index (χ1) is 9.86. The van der Waals surface area contributed by atoms with Gasteiger partial charge in [-0.15, -0.1) is 0 Å². The molecule has 2 rings (SSSR count). The van der Waals surface area contributed by atoms with Crippen molar-refractivity contribution in [3.05, 3.63) is 34.6 Å². The van der Waals surface area contributed by atoms with Gasteiger partial charge in [0.15, 0.2) is 0 Å². The fourth-order valence-electron chi connectivity index (χ4n) is 2.85. The van der Waals surface area contributed by atoms with Crippen LogP contribution in [0.5, 0.6) is 0 Å². The lowest BCUT2D eigenvalue weighted by molar-refractivity contribution is -0.148. The maximum absolute atomic E-state index is 13.0. The summed E-state index contributed by atoms with van der Waals surface area (Å²) in [6.07, 6.45) is 2.81. The summed E-state index contributed by atoms with van der Waals surface area (Å²) in [5.41, 5.74) is -1.20. The van der Waals surface area contributed by atoms with Crippen molar-refractivity contribution in [2.45, 2.75) is 38.1 Å². The van der Waals surface area contributed by atoms with Crippen molar-refractivity contribution in [2.75, 3.05) is 0 Å². The standard InChI is InChI=1S/C15H17ClFNO3/c1-9-4-2-3-7-15(9,14(20)21)18-13(19)11-6-5-10(17)8-12(11)16/h5-6,8-9H,2-4,7H2,1H3,(H,18,19)(H,20,21). The smallest absolute Gasteiger partial charge is 0.329 e. The van der Waals surface area contributed by atoms with Crippen LogP contribution in [0.3, 0.4) is 0 Å². The first-order valence-electron chi connectivity index (χ1n) is 6.88. The van der Waals surface area contributed by atoms with Gasteiger partial charge >= 0.3 is 5.97 Å². The highest BCUT2D eigenvalue weighted by Gasteiger charge is 2.46. The lowest BCUT2D eigenvalue weighted by atomic mass is 9.73. The topological polar surface area (TPSA) is 66.4 Å². The summed E-state index contributed by atoms with van der Waals surface area (Å²) in [5, 5.41) is 12.1. The minimum absolute atomic E-state index is 0.0310. The molecule has 0 heterocycles. The minimum Gasteiger partial charge on any atom is -0.479 e. The fourth-order valence-corrected chi connectivity index (χ4v) is 3.10. The molecule has 1 aromatic rings. The van der Waals surface area contributed by atoms with Gasteiger partial charge in [0.2, 0.25) is 0 Å². The Morgan fingerprint density at radius 2 is 2.14 bits per heavy atom. The van der Waals surface area contributed by atoms with Crippen LogP contribution in [0.2, 0.25) is 5.02 Å². The number of halogens is 2. The Morgan fingerprint density at radius 1 is 1.43 bits per heavy atom. The molecule has 1 saturated carbocycles. The third-order valence-corrected chi connectivity index (χ3v) is 4.51. The molecule has 4 nitrogen and oxygen atoms in total. The van der Waals surface area contributed by atoms with Gasteiger partial charge in [0.25, 0.3) is 5.91 Å². The molecule has 1 aliphatic carbocycles. The number of carboxylic acids is 1. The molecule has 21 heavy (non-hydrogen) atoms. The number of aliphatic carboxylic acids is 1. The number of carbonyl (C=O) groups excluding carboxylic acids is 1. The van der Waals surface area contributed by atoms with Crippen molar-refractivity contribution in [1.82, 2.24) is 5.32 Å². The summed E-state index contributed by atoms with van der Waals surface area (Å²) in [4.78, 5) is 24.0. The van der Waals surface area contributed by atoms with Crippen molar-refractivity contribution in [2.24, 2.45) is 5.92 Å². The summed E-state index contributed by atoms with van der Waals surface area (Å²) in [6.45, 7) is 1.82. The van der Waals surface area contributed by atoms with Gasteiger partial charge in [0.1, 0.15) is 11.4 Å². The molecule has 0 spiro atoms. The Morgan fingerprint density at radius 3 is 2.71 bits per heavy atom. The fraction of sp³-hybridized carbons (Fsp3) is 0.467. The van der Waals surface area contributed by atoms with Crippen molar-refractivity contribution in [1.29, 1.82) is 0 Å². The predicted molar refractivity (Wildman–Crippen MR) is 76.9 cm³/mol. The van der Waals surface area contributed by atoms with E-state index >= 15 is 0 Å². The van der Waals surface area contributed by atoms with Crippen LogP contribution in [0.4, 0.5) is 4.39 Å². The Bertz CT molecular complexity index is 578. The van der Waals surface area contributed by atoms with E-state index in [9.17, 15) is 19.1 Å². The van der Waals surface area contributed by atoms with E-state index in [1.165, 1.54) is 6.07 Å². The number of carbonyl (C=O) groups is 2. The van der Waals surface area contributed by atoms with Crippen LogP contribution in [-0.4, -0.2) is 22.5 Å². The molecular weight excluding hydrogens is 297 g/mol. The molecule has 0 saturated heterocycles.